The van der Waals surface area contributed by atoms with Crippen molar-refractivity contribution in [2.45, 2.75) is 18.8 Å². The Balaban J connectivity index is 0.000000241. The molecule has 4 rings (SSSR count). The standard InChI is InChI=1S/C10H14N2.C10H8N2.Al.Ni.2H/c2*1-2-6-12-10(3-1)9-4-7-11-8-5-9;;;;/h1-3,6,9,11H,4-5,7-8H2;1-8H;;;;. The van der Waals surface area contributed by atoms with E-state index in [4.69, 9.17) is 0 Å². The molecule has 4 heterocycles. The molecule has 4 nitrogen and oxygen atoms in total. The fourth-order valence-corrected chi connectivity index (χ4v) is 2.79. The molecule has 1 radical (unpaired) electrons. The minimum atomic E-state index is 0. The van der Waals surface area contributed by atoms with Crippen LogP contribution >= 0.6 is 0 Å². The summed E-state index contributed by atoms with van der Waals surface area (Å²) in [6.07, 6.45) is 9.68. The molecular weight excluding hydrogens is 382 g/mol. The van der Waals surface area contributed by atoms with Crippen molar-refractivity contribution in [1.29, 1.82) is 0 Å². The van der Waals surface area contributed by atoms with E-state index in [2.05, 4.69) is 32.4 Å². The molecule has 3 aromatic heterocycles. The zero-order valence-electron chi connectivity index (χ0n) is 15.0. The van der Waals surface area contributed by atoms with Gasteiger partial charge in [-0.2, -0.15) is 0 Å². The molecule has 0 bridgehead atoms. The Kier molecular flexibility index (Phi) is 11.0. The van der Waals surface area contributed by atoms with Gasteiger partial charge >= 0.3 is 0 Å². The number of hydrogen-bond acceptors (Lipinski definition) is 4. The normalized spacial score (nSPS) is 13.4. The summed E-state index contributed by atoms with van der Waals surface area (Å²) in [6, 6.07) is 15.9. The topological polar surface area (TPSA) is 50.7 Å². The zero-order valence-corrected chi connectivity index (χ0v) is 18.0. The van der Waals surface area contributed by atoms with Crippen LogP contribution in [0.25, 0.3) is 11.3 Å². The van der Waals surface area contributed by atoms with Crippen LogP contribution in [0.1, 0.15) is 24.5 Å². The quantitative estimate of drug-likeness (QED) is 0.666. The van der Waals surface area contributed by atoms with Crippen LogP contribution in [0, 0.1) is 0 Å². The summed E-state index contributed by atoms with van der Waals surface area (Å²) in [5, 5.41) is 3.36. The Morgan fingerprint density at radius 1 is 0.769 bits per heavy atom. The Bertz CT molecular complexity index is 670. The van der Waals surface area contributed by atoms with E-state index in [-0.39, 0.29) is 33.9 Å². The van der Waals surface area contributed by atoms with E-state index >= 15 is 0 Å². The molecule has 0 spiro atoms. The number of piperidine rings is 1. The summed E-state index contributed by atoms with van der Waals surface area (Å²) in [6.45, 7) is 2.28. The summed E-state index contributed by atoms with van der Waals surface area (Å²) in [5.41, 5.74) is 3.35. The molecule has 1 saturated heterocycles. The van der Waals surface area contributed by atoms with Crippen molar-refractivity contribution >= 4 is 17.4 Å². The first kappa shape index (κ1) is 22.5. The number of nitrogens with one attached hydrogen (secondary N) is 1. The summed E-state index contributed by atoms with van der Waals surface area (Å²) < 4.78 is 0. The minimum Gasteiger partial charge on any atom is -0.317 e. The Labute approximate surface area is 175 Å². The molecule has 0 amide bonds. The van der Waals surface area contributed by atoms with E-state index in [1.54, 1.807) is 18.6 Å². The molecular formula is C20H24AlN4Ni. The first-order chi connectivity index (χ1) is 11.9. The van der Waals surface area contributed by atoms with Crippen LogP contribution in [0.4, 0.5) is 0 Å². The smallest absolute Gasteiger partial charge is 0.146 e. The average molecular weight is 406 g/mol. The van der Waals surface area contributed by atoms with Crippen LogP contribution in [0.15, 0.2) is 73.3 Å². The van der Waals surface area contributed by atoms with Gasteiger partial charge in [0.15, 0.2) is 0 Å². The molecule has 26 heavy (non-hydrogen) atoms. The fraction of sp³-hybridized carbons (Fsp3) is 0.250. The number of hydrogen-bond donors (Lipinski definition) is 1. The zero-order chi connectivity index (χ0) is 16.5. The molecule has 3 aromatic rings. The van der Waals surface area contributed by atoms with Crippen molar-refractivity contribution in [2.24, 2.45) is 0 Å². The molecule has 1 aliphatic heterocycles. The molecule has 6 heteroatoms. The van der Waals surface area contributed by atoms with Gasteiger partial charge in [-0.05, 0) is 62.3 Å². The van der Waals surface area contributed by atoms with Gasteiger partial charge in [0.1, 0.15) is 17.4 Å². The van der Waals surface area contributed by atoms with E-state index in [9.17, 15) is 0 Å². The van der Waals surface area contributed by atoms with E-state index in [1.807, 2.05) is 42.6 Å². The molecule has 1 N–H and O–H groups in total. The molecule has 137 valence electrons. The Morgan fingerprint density at radius 3 is 2.00 bits per heavy atom. The summed E-state index contributed by atoms with van der Waals surface area (Å²) in [4.78, 5) is 12.5. The van der Waals surface area contributed by atoms with Crippen LogP contribution in [-0.2, 0) is 16.5 Å². The van der Waals surface area contributed by atoms with Crippen molar-refractivity contribution in [2.75, 3.05) is 13.1 Å². The van der Waals surface area contributed by atoms with Gasteiger partial charge in [0.05, 0.1) is 5.69 Å². The van der Waals surface area contributed by atoms with Crippen LogP contribution in [0.5, 0.6) is 0 Å². The van der Waals surface area contributed by atoms with Gasteiger partial charge in [-0.15, -0.1) is 0 Å². The van der Waals surface area contributed by atoms with Crippen molar-refractivity contribution < 1.29 is 16.5 Å². The van der Waals surface area contributed by atoms with Crippen molar-refractivity contribution in [3.8, 4) is 11.3 Å². The van der Waals surface area contributed by atoms with Crippen molar-refractivity contribution in [3.63, 3.8) is 0 Å². The molecule has 1 fully saturated rings. The number of pyridine rings is 3. The van der Waals surface area contributed by atoms with Gasteiger partial charge in [-0.25, -0.2) is 0 Å². The predicted molar refractivity (Wildman–Crippen MR) is 105 cm³/mol. The maximum Gasteiger partial charge on any atom is 0.146 e. The minimum absolute atomic E-state index is 0. The van der Waals surface area contributed by atoms with Crippen molar-refractivity contribution in [3.05, 3.63) is 79.0 Å². The SMILES string of the molecule is [AlH2].[Ni].c1ccc(-c2ccncc2)nc1.c1ccc(C2CCNCC2)nc1. The maximum atomic E-state index is 4.37. The van der Waals surface area contributed by atoms with Gasteiger partial charge in [-0.3, -0.25) is 15.0 Å². The average Bonchev–Trinajstić information content (AvgIpc) is 2.71. The van der Waals surface area contributed by atoms with Crippen LogP contribution in [0.2, 0.25) is 0 Å². The summed E-state index contributed by atoms with van der Waals surface area (Å²) in [5.74, 6) is 0.687. The van der Waals surface area contributed by atoms with E-state index in [0.717, 1.165) is 24.3 Å². The number of rotatable bonds is 2. The molecule has 0 aliphatic carbocycles. The second-order valence-corrected chi connectivity index (χ2v) is 5.73. The van der Waals surface area contributed by atoms with Gasteiger partial charge in [0, 0.05) is 58.5 Å². The number of nitrogens with zero attached hydrogens (tertiary/aromatic N) is 3. The molecule has 0 atom stereocenters. The first-order valence-electron chi connectivity index (χ1n) is 8.36. The number of aromatic nitrogens is 3. The van der Waals surface area contributed by atoms with Gasteiger partial charge in [0.2, 0.25) is 0 Å². The predicted octanol–water partition coefficient (Wildman–Crippen LogP) is 2.77. The van der Waals surface area contributed by atoms with Crippen LogP contribution in [-0.4, -0.2) is 45.4 Å². The largest absolute Gasteiger partial charge is 0.317 e. The molecule has 0 saturated carbocycles. The second kappa shape index (κ2) is 12.7. The monoisotopic (exact) mass is 405 g/mol. The van der Waals surface area contributed by atoms with Crippen LogP contribution in [0.3, 0.4) is 0 Å². The summed E-state index contributed by atoms with van der Waals surface area (Å²) >= 11 is 0. The van der Waals surface area contributed by atoms with Gasteiger partial charge in [0.25, 0.3) is 0 Å². The summed E-state index contributed by atoms with van der Waals surface area (Å²) in [7, 11) is 0. The third-order valence-electron chi connectivity index (χ3n) is 4.09. The Morgan fingerprint density at radius 2 is 1.42 bits per heavy atom. The van der Waals surface area contributed by atoms with Gasteiger partial charge < -0.3 is 5.32 Å². The third kappa shape index (κ3) is 6.98. The van der Waals surface area contributed by atoms with Crippen LogP contribution < -0.4 is 5.32 Å². The maximum absolute atomic E-state index is 4.37. The van der Waals surface area contributed by atoms with E-state index in [1.165, 1.54) is 18.5 Å². The second-order valence-electron chi connectivity index (χ2n) is 5.73. The van der Waals surface area contributed by atoms with E-state index in [0.29, 0.717) is 5.92 Å². The Hall–Kier alpha value is -1.56. The van der Waals surface area contributed by atoms with Crippen molar-refractivity contribution in [1.82, 2.24) is 20.3 Å². The first-order valence-corrected chi connectivity index (χ1v) is 8.36. The van der Waals surface area contributed by atoms with Gasteiger partial charge in [-0.1, -0.05) is 12.1 Å². The molecule has 0 unspecified atom stereocenters. The molecule has 1 aliphatic rings. The fourth-order valence-electron chi connectivity index (χ4n) is 2.79. The third-order valence-corrected chi connectivity index (χ3v) is 4.09. The van der Waals surface area contributed by atoms with E-state index < -0.39 is 0 Å². The molecule has 0 aromatic carbocycles.